The minimum atomic E-state index is -0.0111. The monoisotopic (exact) mass is 314 g/mol. The number of amides is 1. The fourth-order valence-corrected chi connectivity index (χ4v) is 4.18. The molecule has 1 N–H and O–H groups in total. The first kappa shape index (κ1) is 15.2. The largest absolute Gasteiger partial charge is 0.373 e. The molecule has 2 saturated heterocycles. The number of nitrogens with zero attached hydrogens (tertiary/aromatic N) is 1. The van der Waals surface area contributed by atoms with Crippen molar-refractivity contribution < 1.29 is 9.53 Å². The second kappa shape index (κ2) is 6.25. The van der Waals surface area contributed by atoms with Crippen molar-refractivity contribution in [1.82, 2.24) is 5.32 Å². The van der Waals surface area contributed by atoms with E-state index in [1.165, 1.54) is 6.42 Å². The maximum Gasteiger partial charge on any atom is 0.230 e. The molecule has 1 spiro atoms. The molecule has 1 aliphatic carbocycles. The number of hydrogen-bond acceptors (Lipinski definition) is 3. The average Bonchev–Trinajstić information content (AvgIpc) is 2.91. The van der Waals surface area contributed by atoms with Crippen LogP contribution in [0.15, 0.2) is 30.3 Å². The highest BCUT2D eigenvalue weighted by molar-refractivity contribution is 5.96. The first-order chi connectivity index (χ1) is 11.3. The minimum Gasteiger partial charge on any atom is -0.373 e. The van der Waals surface area contributed by atoms with E-state index in [0.717, 1.165) is 50.9 Å². The summed E-state index contributed by atoms with van der Waals surface area (Å²) in [5.41, 5.74) is 1.02. The van der Waals surface area contributed by atoms with Gasteiger partial charge in [0.05, 0.1) is 18.2 Å². The van der Waals surface area contributed by atoms with Gasteiger partial charge in [0.15, 0.2) is 0 Å². The van der Waals surface area contributed by atoms with Crippen LogP contribution in [-0.2, 0) is 9.53 Å². The zero-order chi connectivity index (χ0) is 15.7. The van der Waals surface area contributed by atoms with Crippen molar-refractivity contribution in [2.75, 3.05) is 24.6 Å². The Morgan fingerprint density at radius 3 is 2.57 bits per heavy atom. The van der Waals surface area contributed by atoms with Crippen LogP contribution in [0.1, 0.15) is 38.5 Å². The van der Waals surface area contributed by atoms with Crippen molar-refractivity contribution in [1.29, 1.82) is 0 Å². The number of hydrogen-bond donors (Lipinski definition) is 1. The van der Waals surface area contributed by atoms with Gasteiger partial charge in [-0.25, -0.2) is 0 Å². The third-order valence-electron chi connectivity index (χ3n) is 5.80. The van der Waals surface area contributed by atoms with E-state index in [0.29, 0.717) is 12.5 Å². The first-order valence-corrected chi connectivity index (χ1v) is 9.00. The molecule has 4 heteroatoms. The van der Waals surface area contributed by atoms with Gasteiger partial charge in [-0.15, -0.1) is 0 Å². The van der Waals surface area contributed by atoms with E-state index in [1.54, 1.807) is 0 Å². The quantitative estimate of drug-likeness (QED) is 0.933. The van der Waals surface area contributed by atoms with E-state index < -0.39 is 0 Å². The Balaban J connectivity index is 1.57. The Morgan fingerprint density at radius 1 is 1.17 bits per heavy atom. The summed E-state index contributed by atoms with van der Waals surface area (Å²) in [7, 11) is 0. The molecule has 1 saturated carbocycles. The van der Waals surface area contributed by atoms with E-state index >= 15 is 0 Å². The predicted octanol–water partition coefficient (Wildman–Crippen LogP) is 2.73. The van der Waals surface area contributed by atoms with E-state index in [1.807, 2.05) is 18.2 Å². The molecular weight excluding hydrogens is 288 g/mol. The third-order valence-corrected chi connectivity index (χ3v) is 5.80. The summed E-state index contributed by atoms with van der Waals surface area (Å²) < 4.78 is 6.24. The molecule has 0 unspecified atom stereocenters. The highest BCUT2D eigenvalue weighted by Crippen LogP contribution is 2.39. The van der Waals surface area contributed by atoms with E-state index in [2.05, 4.69) is 22.3 Å². The molecule has 0 radical (unpaired) electrons. The lowest BCUT2D eigenvalue weighted by Gasteiger charge is -2.36. The van der Waals surface area contributed by atoms with Gasteiger partial charge in [-0.1, -0.05) is 24.6 Å². The Bertz CT molecular complexity index is 550. The van der Waals surface area contributed by atoms with Crippen LogP contribution in [0, 0.1) is 5.92 Å². The molecule has 23 heavy (non-hydrogen) atoms. The van der Waals surface area contributed by atoms with Crippen LogP contribution in [-0.4, -0.2) is 37.2 Å². The summed E-state index contributed by atoms with van der Waals surface area (Å²) in [6.07, 6.45) is 6.38. The summed E-state index contributed by atoms with van der Waals surface area (Å²) >= 11 is 0. The molecule has 4 rings (SSSR count). The smallest absolute Gasteiger partial charge is 0.230 e. The first-order valence-electron chi connectivity index (χ1n) is 9.00. The Kier molecular flexibility index (Phi) is 4.12. The van der Waals surface area contributed by atoms with Crippen LogP contribution in [0.5, 0.6) is 0 Å². The van der Waals surface area contributed by atoms with Gasteiger partial charge in [0.2, 0.25) is 5.91 Å². The molecule has 3 fully saturated rings. The molecular formula is C19H26N2O2. The van der Waals surface area contributed by atoms with E-state index in [4.69, 9.17) is 4.74 Å². The Hall–Kier alpha value is -1.39. The number of benzene rings is 1. The molecule has 1 atom stereocenters. The zero-order valence-electron chi connectivity index (χ0n) is 13.7. The molecule has 1 aromatic rings. The van der Waals surface area contributed by atoms with E-state index in [-0.39, 0.29) is 17.6 Å². The third kappa shape index (κ3) is 2.90. The fraction of sp³-hybridized carbons (Fsp3) is 0.632. The van der Waals surface area contributed by atoms with Crippen LogP contribution in [0.4, 0.5) is 5.69 Å². The summed E-state index contributed by atoms with van der Waals surface area (Å²) in [5, 5.41) is 3.41. The topological polar surface area (TPSA) is 41.6 Å². The number of para-hydroxylation sites is 1. The minimum absolute atomic E-state index is 0.0111. The number of rotatable bonds is 3. The zero-order valence-corrected chi connectivity index (χ0v) is 13.7. The number of nitrogens with one attached hydrogen (secondary N) is 1. The molecule has 4 nitrogen and oxygen atoms in total. The summed E-state index contributed by atoms with van der Waals surface area (Å²) in [6, 6.07) is 10.4. The van der Waals surface area contributed by atoms with Crippen molar-refractivity contribution in [3.8, 4) is 0 Å². The number of piperidine rings is 1. The summed E-state index contributed by atoms with van der Waals surface area (Å²) in [5.74, 6) is 0.529. The number of carbonyl (C=O) groups is 1. The SMILES string of the molecule is O=C(C1CCC1)N(c1ccccc1)[C@@H]1COC2(CCNCC2)C1. The number of carbonyl (C=O) groups excluding carboxylic acids is 1. The van der Waals surface area contributed by atoms with Crippen LogP contribution < -0.4 is 10.2 Å². The van der Waals surface area contributed by atoms with Crippen LogP contribution >= 0.6 is 0 Å². The van der Waals surface area contributed by atoms with E-state index in [9.17, 15) is 4.79 Å². The normalized spacial score (nSPS) is 26.9. The van der Waals surface area contributed by atoms with Gasteiger partial charge < -0.3 is 15.0 Å². The molecule has 3 aliphatic rings. The maximum absolute atomic E-state index is 13.0. The van der Waals surface area contributed by atoms with Crippen LogP contribution in [0.3, 0.4) is 0 Å². The average molecular weight is 314 g/mol. The van der Waals surface area contributed by atoms with Gasteiger partial charge >= 0.3 is 0 Å². The second-order valence-electron chi connectivity index (χ2n) is 7.27. The molecule has 0 bridgehead atoms. The lowest BCUT2D eigenvalue weighted by atomic mass is 9.83. The van der Waals surface area contributed by atoms with Gasteiger partial charge in [0.25, 0.3) is 0 Å². The predicted molar refractivity (Wildman–Crippen MR) is 90.5 cm³/mol. The molecule has 1 amide bonds. The van der Waals surface area contributed by atoms with Crippen molar-refractivity contribution in [2.24, 2.45) is 5.92 Å². The maximum atomic E-state index is 13.0. The van der Waals surface area contributed by atoms with Gasteiger partial charge in [0, 0.05) is 11.6 Å². The molecule has 0 aromatic heterocycles. The summed E-state index contributed by atoms with van der Waals surface area (Å²) in [4.78, 5) is 15.1. The van der Waals surface area contributed by atoms with Crippen molar-refractivity contribution in [3.63, 3.8) is 0 Å². The Morgan fingerprint density at radius 2 is 1.91 bits per heavy atom. The van der Waals surface area contributed by atoms with Gasteiger partial charge in [-0.3, -0.25) is 4.79 Å². The van der Waals surface area contributed by atoms with Crippen molar-refractivity contribution >= 4 is 11.6 Å². The van der Waals surface area contributed by atoms with Crippen LogP contribution in [0.25, 0.3) is 0 Å². The highest BCUT2D eigenvalue weighted by Gasteiger charge is 2.45. The highest BCUT2D eigenvalue weighted by atomic mass is 16.5. The lowest BCUT2D eigenvalue weighted by Crippen LogP contribution is -2.47. The number of anilines is 1. The number of ether oxygens (including phenoxy) is 1. The Labute approximate surface area is 138 Å². The summed E-state index contributed by atoms with van der Waals surface area (Å²) in [6.45, 7) is 2.72. The second-order valence-corrected chi connectivity index (χ2v) is 7.27. The molecule has 2 aliphatic heterocycles. The van der Waals surface area contributed by atoms with Gasteiger partial charge in [-0.2, -0.15) is 0 Å². The van der Waals surface area contributed by atoms with Crippen LogP contribution in [0.2, 0.25) is 0 Å². The van der Waals surface area contributed by atoms with Gasteiger partial charge in [-0.05, 0) is 57.3 Å². The van der Waals surface area contributed by atoms with Gasteiger partial charge in [0.1, 0.15) is 0 Å². The molecule has 124 valence electrons. The van der Waals surface area contributed by atoms with Crippen molar-refractivity contribution in [2.45, 2.75) is 50.2 Å². The molecule has 1 aromatic carbocycles. The molecule has 2 heterocycles. The standard InChI is InChI=1S/C19H26N2O2/c22-18(15-5-4-6-15)21(16-7-2-1-3-8-16)17-13-19(23-14-17)9-11-20-12-10-19/h1-3,7-8,15,17,20H,4-6,9-14H2/t17-/m0/s1. The lowest BCUT2D eigenvalue weighted by molar-refractivity contribution is -0.125. The fourth-order valence-electron chi connectivity index (χ4n) is 4.18. The van der Waals surface area contributed by atoms with Crippen molar-refractivity contribution in [3.05, 3.63) is 30.3 Å².